The number of halogens is 3. The van der Waals surface area contributed by atoms with Crippen LogP contribution in [0.3, 0.4) is 0 Å². The number of aryl methyl sites for hydroxylation is 2. The van der Waals surface area contributed by atoms with Crippen LogP contribution in [0.5, 0.6) is 5.75 Å². The second-order valence-corrected chi connectivity index (χ2v) is 5.87. The zero-order valence-electron chi connectivity index (χ0n) is 13.1. The molecule has 0 radical (unpaired) electrons. The Balaban J connectivity index is 1.90. The van der Waals surface area contributed by atoms with Gasteiger partial charge in [-0.2, -0.15) is 0 Å². The van der Waals surface area contributed by atoms with Crippen molar-refractivity contribution in [2.45, 2.75) is 32.5 Å². The van der Waals surface area contributed by atoms with E-state index in [1.165, 1.54) is 16.7 Å². The summed E-state index contributed by atoms with van der Waals surface area (Å²) in [5, 5.41) is 0. The lowest BCUT2D eigenvalue weighted by molar-refractivity contribution is -0.274. The van der Waals surface area contributed by atoms with Gasteiger partial charge in [0.05, 0.1) is 11.0 Å². The number of nitrogens with one attached hydrogen (secondary N) is 1. The number of H-pyrrole nitrogens is 1. The Bertz CT molecular complexity index is 1040. The van der Waals surface area contributed by atoms with Gasteiger partial charge in [-0.25, -0.2) is 19.3 Å². The Labute approximate surface area is 139 Å². The minimum atomic E-state index is -4.79. The monoisotopic (exact) mass is 350 g/mol. The molecule has 0 atom stereocenters. The Morgan fingerprint density at radius 2 is 2.04 bits per heavy atom. The minimum absolute atomic E-state index is 0.245. The summed E-state index contributed by atoms with van der Waals surface area (Å²) < 4.78 is 42.4. The van der Waals surface area contributed by atoms with E-state index in [2.05, 4.69) is 19.7 Å². The number of hydrogen-bond acceptors (Lipinski definition) is 4. The average molecular weight is 350 g/mol. The highest BCUT2D eigenvalue weighted by Crippen LogP contribution is 2.29. The van der Waals surface area contributed by atoms with Crippen LogP contribution in [0.1, 0.15) is 23.5 Å². The van der Waals surface area contributed by atoms with Crippen molar-refractivity contribution in [3.63, 3.8) is 0 Å². The maximum atomic E-state index is 12.4. The fraction of sp³-hybridized carbons (Fsp3) is 0.312. The van der Waals surface area contributed by atoms with Crippen LogP contribution in [0.4, 0.5) is 13.2 Å². The third kappa shape index (κ3) is 2.75. The van der Waals surface area contributed by atoms with E-state index in [1.807, 2.05) is 0 Å². The molecule has 0 unspecified atom stereocenters. The number of ether oxygens (including phenoxy) is 1. The molecule has 4 rings (SSSR count). The number of aromatic nitrogens is 4. The molecule has 2 heterocycles. The minimum Gasteiger partial charge on any atom is -0.406 e. The number of hydrogen-bond donors (Lipinski definition) is 1. The molecule has 0 fully saturated rings. The molecule has 9 heteroatoms. The molecule has 130 valence electrons. The van der Waals surface area contributed by atoms with Crippen LogP contribution in [0.25, 0.3) is 16.9 Å². The van der Waals surface area contributed by atoms with Crippen LogP contribution in [0, 0.1) is 6.92 Å². The molecule has 1 aliphatic carbocycles. The number of rotatable bonds is 2. The van der Waals surface area contributed by atoms with E-state index < -0.39 is 17.8 Å². The molecule has 1 N–H and O–H groups in total. The standard InChI is InChI=1S/C16H13F3N4O2/c1-8-20-11-4-2-3-10(11)14(21-8)23-13-6-5-9(25-16(17,18)19)7-12(13)22-15(23)24/h5-7H,2-4H2,1H3,(H,22,24). The number of aromatic amines is 1. The van der Waals surface area contributed by atoms with Gasteiger partial charge in [-0.3, -0.25) is 0 Å². The molecule has 2 aromatic heterocycles. The zero-order chi connectivity index (χ0) is 17.8. The first kappa shape index (κ1) is 15.7. The van der Waals surface area contributed by atoms with E-state index in [1.54, 1.807) is 6.92 Å². The van der Waals surface area contributed by atoms with E-state index in [0.29, 0.717) is 17.2 Å². The molecule has 0 saturated carbocycles. The van der Waals surface area contributed by atoms with Crippen LogP contribution in [-0.2, 0) is 12.8 Å². The lowest BCUT2D eigenvalue weighted by atomic mass is 10.2. The van der Waals surface area contributed by atoms with Crippen LogP contribution in [0.2, 0.25) is 0 Å². The van der Waals surface area contributed by atoms with Crippen molar-refractivity contribution >= 4 is 11.0 Å². The van der Waals surface area contributed by atoms with E-state index >= 15 is 0 Å². The molecule has 25 heavy (non-hydrogen) atoms. The molecule has 1 aromatic carbocycles. The first-order valence-corrected chi connectivity index (χ1v) is 7.69. The van der Waals surface area contributed by atoms with E-state index in [9.17, 15) is 18.0 Å². The van der Waals surface area contributed by atoms with Gasteiger partial charge in [-0.1, -0.05) is 0 Å². The zero-order valence-corrected chi connectivity index (χ0v) is 13.1. The van der Waals surface area contributed by atoms with Crippen molar-refractivity contribution in [2.24, 2.45) is 0 Å². The normalized spacial score (nSPS) is 14.1. The molecule has 0 saturated heterocycles. The molecule has 1 aliphatic rings. The van der Waals surface area contributed by atoms with Gasteiger partial charge >= 0.3 is 12.1 Å². The highest BCUT2D eigenvalue weighted by molar-refractivity contribution is 5.79. The third-order valence-electron chi connectivity index (χ3n) is 4.12. The summed E-state index contributed by atoms with van der Waals surface area (Å²) in [4.78, 5) is 23.8. The molecule has 6 nitrogen and oxygen atoms in total. The summed E-state index contributed by atoms with van der Waals surface area (Å²) in [6.07, 6.45) is -2.27. The van der Waals surface area contributed by atoms with E-state index in [4.69, 9.17) is 0 Å². The van der Waals surface area contributed by atoms with Gasteiger partial charge in [0.2, 0.25) is 0 Å². The summed E-state index contributed by atoms with van der Waals surface area (Å²) >= 11 is 0. The van der Waals surface area contributed by atoms with Crippen molar-refractivity contribution in [3.05, 3.63) is 45.8 Å². The summed E-state index contributed by atoms with van der Waals surface area (Å²) in [5.41, 5.74) is 2.04. The van der Waals surface area contributed by atoms with E-state index in [-0.39, 0.29) is 5.52 Å². The van der Waals surface area contributed by atoms with Crippen molar-refractivity contribution in [2.75, 3.05) is 0 Å². The van der Waals surface area contributed by atoms with Crippen LogP contribution in [0.15, 0.2) is 23.0 Å². The number of benzene rings is 1. The Hall–Kier alpha value is -2.84. The fourth-order valence-corrected chi connectivity index (χ4v) is 3.22. The summed E-state index contributed by atoms with van der Waals surface area (Å²) in [6.45, 7) is 1.75. The van der Waals surface area contributed by atoms with Gasteiger partial charge in [-0.05, 0) is 38.3 Å². The van der Waals surface area contributed by atoms with Crippen molar-refractivity contribution in [1.29, 1.82) is 0 Å². The predicted octanol–water partition coefficient (Wildman–Crippen LogP) is 2.80. The topological polar surface area (TPSA) is 72.8 Å². The van der Waals surface area contributed by atoms with Gasteiger partial charge in [0.15, 0.2) is 0 Å². The summed E-state index contributed by atoms with van der Waals surface area (Å²) in [7, 11) is 0. The fourth-order valence-electron chi connectivity index (χ4n) is 3.22. The average Bonchev–Trinajstić information content (AvgIpc) is 3.07. The molecular formula is C16H13F3N4O2. The second kappa shape index (κ2) is 5.33. The number of nitrogens with zero attached hydrogens (tertiary/aromatic N) is 3. The molecule has 0 bridgehead atoms. The first-order valence-electron chi connectivity index (χ1n) is 7.69. The third-order valence-corrected chi connectivity index (χ3v) is 4.12. The van der Waals surface area contributed by atoms with Gasteiger partial charge < -0.3 is 9.72 Å². The quantitative estimate of drug-likeness (QED) is 0.771. The van der Waals surface area contributed by atoms with Crippen LogP contribution >= 0.6 is 0 Å². The number of imidazole rings is 1. The lowest BCUT2D eigenvalue weighted by Gasteiger charge is -2.10. The lowest BCUT2D eigenvalue weighted by Crippen LogP contribution is -2.18. The van der Waals surface area contributed by atoms with Gasteiger partial charge in [0.1, 0.15) is 17.4 Å². The van der Waals surface area contributed by atoms with Crippen LogP contribution < -0.4 is 10.4 Å². The summed E-state index contributed by atoms with van der Waals surface area (Å²) in [5.74, 6) is 0.646. The van der Waals surface area contributed by atoms with Crippen LogP contribution in [-0.4, -0.2) is 25.9 Å². The van der Waals surface area contributed by atoms with Crippen molar-refractivity contribution < 1.29 is 17.9 Å². The van der Waals surface area contributed by atoms with Gasteiger partial charge in [0, 0.05) is 17.3 Å². The summed E-state index contributed by atoms with van der Waals surface area (Å²) in [6, 6.07) is 3.73. The largest absolute Gasteiger partial charge is 0.573 e. The van der Waals surface area contributed by atoms with E-state index in [0.717, 1.165) is 36.6 Å². The van der Waals surface area contributed by atoms with Gasteiger partial charge in [0.25, 0.3) is 0 Å². The molecule has 3 aromatic rings. The number of alkyl halides is 3. The molecular weight excluding hydrogens is 337 g/mol. The Kier molecular flexibility index (Phi) is 3.34. The molecule has 0 amide bonds. The van der Waals surface area contributed by atoms with Crippen molar-refractivity contribution in [3.8, 4) is 11.6 Å². The predicted molar refractivity (Wildman–Crippen MR) is 82.9 cm³/mol. The first-order chi connectivity index (χ1) is 11.8. The van der Waals surface area contributed by atoms with Gasteiger partial charge in [-0.15, -0.1) is 13.2 Å². The Morgan fingerprint density at radius 3 is 2.80 bits per heavy atom. The highest BCUT2D eigenvalue weighted by Gasteiger charge is 2.31. The maximum absolute atomic E-state index is 12.4. The maximum Gasteiger partial charge on any atom is 0.573 e. The highest BCUT2D eigenvalue weighted by atomic mass is 19.4. The molecule has 0 spiro atoms. The molecule has 0 aliphatic heterocycles. The SMILES string of the molecule is Cc1nc2c(c(-n3c(=O)[nH]c4cc(OC(F)(F)F)ccc43)n1)CCC2. The smallest absolute Gasteiger partial charge is 0.406 e. The Morgan fingerprint density at radius 1 is 1.24 bits per heavy atom. The second-order valence-electron chi connectivity index (χ2n) is 5.87. The number of fused-ring (bicyclic) bond motifs is 2. The van der Waals surface area contributed by atoms with Crippen molar-refractivity contribution in [1.82, 2.24) is 19.5 Å².